The number of para-hydroxylation sites is 2. The molecule has 0 unspecified atom stereocenters. The Kier molecular flexibility index (Phi) is 6.13. The van der Waals surface area contributed by atoms with Crippen molar-refractivity contribution in [2.75, 3.05) is 0 Å². The SMILES string of the molecule is C[C@@H](C(=O)c1ccccc1O)C(c1ccccc1)[C@@H](C)C(=O)c1ccccc1O. The summed E-state index contributed by atoms with van der Waals surface area (Å²) < 4.78 is 0. The lowest BCUT2D eigenvalue weighted by molar-refractivity contribution is 0.0834. The smallest absolute Gasteiger partial charge is 0.170 e. The highest BCUT2D eigenvalue weighted by Crippen LogP contribution is 2.38. The second-order valence-electron chi connectivity index (χ2n) is 7.28. The van der Waals surface area contributed by atoms with Crippen molar-refractivity contribution in [2.24, 2.45) is 11.8 Å². The summed E-state index contributed by atoms with van der Waals surface area (Å²) in [6.07, 6.45) is 0. The first-order chi connectivity index (χ1) is 13.9. The summed E-state index contributed by atoms with van der Waals surface area (Å²) in [7, 11) is 0. The molecular formula is C25H24O4. The Morgan fingerprint density at radius 3 is 1.41 bits per heavy atom. The third-order valence-electron chi connectivity index (χ3n) is 5.43. The van der Waals surface area contributed by atoms with Gasteiger partial charge in [-0.1, -0.05) is 68.4 Å². The average Bonchev–Trinajstić information content (AvgIpc) is 2.74. The molecule has 0 radical (unpaired) electrons. The van der Waals surface area contributed by atoms with Gasteiger partial charge in [-0.3, -0.25) is 9.59 Å². The first-order valence-corrected chi connectivity index (χ1v) is 9.61. The molecule has 0 aliphatic rings. The summed E-state index contributed by atoms with van der Waals surface area (Å²) in [5.74, 6) is -2.14. The van der Waals surface area contributed by atoms with Gasteiger partial charge in [0.25, 0.3) is 0 Å². The van der Waals surface area contributed by atoms with E-state index >= 15 is 0 Å². The van der Waals surface area contributed by atoms with Crippen LogP contribution in [0.2, 0.25) is 0 Å². The van der Waals surface area contributed by atoms with E-state index in [0.717, 1.165) is 5.56 Å². The van der Waals surface area contributed by atoms with E-state index in [2.05, 4.69) is 0 Å². The first-order valence-electron chi connectivity index (χ1n) is 9.61. The van der Waals surface area contributed by atoms with E-state index < -0.39 is 17.8 Å². The van der Waals surface area contributed by atoms with E-state index in [1.54, 1.807) is 50.2 Å². The van der Waals surface area contributed by atoms with Crippen LogP contribution in [0, 0.1) is 11.8 Å². The Bertz CT molecular complexity index is 947. The quantitative estimate of drug-likeness (QED) is 0.544. The van der Waals surface area contributed by atoms with Crippen molar-refractivity contribution in [1.82, 2.24) is 0 Å². The van der Waals surface area contributed by atoms with Crippen molar-refractivity contribution in [1.29, 1.82) is 0 Å². The molecule has 0 saturated heterocycles. The Balaban J connectivity index is 2.01. The molecular weight excluding hydrogens is 364 g/mol. The maximum atomic E-state index is 13.2. The Morgan fingerprint density at radius 1 is 0.621 bits per heavy atom. The van der Waals surface area contributed by atoms with Gasteiger partial charge >= 0.3 is 0 Å². The van der Waals surface area contributed by atoms with Gasteiger partial charge in [-0.25, -0.2) is 0 Å². The molecule has 0 aromatic heterocycles. The summed E-state index contributed by atoms with van der Waals surface area (Å²) in [4.78, 5) is 26.4. The molecule has 0 aliphatic carbocycles. The number of phenolic OH excluding ortho intramolecular Hbond substituents is 2. The minimum atomic E-state index is -0.560. The zero-order chi connectivity index (χ0) is 21.0. The van der Waals surface area contributed by atoms with Gasteiger partial charge in [-0.05, 0) is 29.8 Å². The lowest BCUT2D eigenvalue weighted by Gasteiger charge is -2.29. The van der Waals surface area contributed by atoms with Crippen molar-refractivity contribution in [3.05, 3.63) is 95.6 Å². The first kappa shape index (κ1) is 20.3. The third-order valence-corrected chi connectivity index (χ3v) is 5.43. The molecule has 3 rings (SSSR count). The van der Waals surface area contributed by atoms with Gasteiger partial charge in [0.1, 0.15) is 11.5 Å². The Labute approximate surface area is 170 Å². The number of hydrogen-bond acceptors (Lipinski definition) is 4. The molecule has 3 aromatic carbocycles. The van der Waals surface area contributed by atoms with Crippen molar-refractivity contribution >= 4 is 11.6 Å². The van der Waals surface area contributed by atoms with Crippen molar-refractivity contribution in [2.45, 2.75) is 19.8 Å². The zero-order valence-electron chi connectivity index (χ0n) is 16.4. The Hall–Kier alpha value is -3.40. The average molecular weight is 388 g/mol. The number of Topliss-reactive ketones (excluding diaryl/α,β-unsaturated/α-hetero) is 2. The summed E-state index contributed by atoms with van der Waals surface area (Å²) in [5, 5.41) is 20.2. The molecule has 0 heterocycles. The van der Waals surface area contributed by atoms with Crippen LogP contribution in [0.5, 0.6) is 11.5 Å². The number of aromatic hydroxyl groups is 2. The molecule has 29 heavy (non-hydrogen) atoms. The van der Waals surface area contributed by atoms with Gasteiger partial charge < -0.3 is 10.2 Å². The fraction of sp³-hybridized carbons (Fsp3) is 0.200. The number of rotatable bonds is 7. The van der Waals surface area contributed by atoms with E-state index in [0.29, 0.717) is 0 Å². The van der Waals surface area contributed by atoms with E-state index in [9.17, 15) is 19.8 Å². The summed E-state index contributed by atoms with van der Waals surface area (Å²) >= 11 is 0. The van der Waals surface area contributed by atoms with Crippen LogP contribution < -0.4 is 0 Å². The molecule has 3 aromatic rings. The minimum Gasteiger partial charge on any atom is -0.507 e. The highest BCUT2D eigenvalue weighted by Gasteiger charge is 2.35. The largest absolute Gasteiger partial charge is 0.507 e. The topological polar surface area (TPSA) is 74.6 Å². The lowest BCUT2D eigenvalue weighted by Crippen LogP contribution is -2.29. The van der Waals surface area contributed by atoms with Crippen molar-refractivity contribution < 1.29 is 19.8 Å². The summed E-state index contributed by atoms with van der Waals surface area (Å²) in [5.41, 5.74) is 1.34. The molecule has 0 bridgehead atoms. The maximum absolute atomic E-state index is 13.2. The number of carbonyl (C=O) groups is 2. The van der Waals surface area contributed by atoms with Crippen LogP contribution in [0.3, 0.4) is 0 Å². The molecule has 4 heteroatoms. The highest BCUT2D eigenvalue weighted by atomic mass is 16.3. The van der Waals surface area contributed by atoms with Gasteiger partial charge in [0.2, 0.25) is 0 Å². The van der Waals surface area contributed by atoms with Gasteiger partial charge in [-0.2, -0.15) is 0 Å². The molecule has 2 N–H and O–H groups in total. The molecule has 4 nitrogen and oxygen atoms in total. The number of ketones is 2. The van der Waals surface area contributed by atoms with Crippen LogP contribution in [0.15, 0.2) is 78.9 Å². The molecule has 0 amide bonds. The predicted octanol–water partition coefficient (Wildman–Crippen LogP) is 5.22. The Morgan fingerprint density at radius 2 is 1.00 bits per heavy atom. The van der Waals surface area contributed by atoms with Crippen LogP contribution in [-0.2, 0) is 0 Å². The van der Waals surface area contributed by atoms with Crippen LogP contribution in [0.4, 0.5) is 0 Å². The summed E-state index contributed by atoms with van der Waals surface area (Å²) in [6.45, 7) is 3.56. The summed E-state index contributed by atoms with van der Waals surface area (Å²) in [6, 6.07) is 22.3. The van der Waals surface area contributed by atoms with E-state index in [1.807, 2.05) is 30.3 Å². The lowest BCUT2D eigenvalue weighted by atomic mass is 9.73. The van der Waals surface area contributed by atoms with Gasteiger partial charge in [0, 0.05) is 17.8 Å². The number of benzene rings is 3. The molecule has 0 fully saturated rings. The number of phenols is 2. The maximum Gasteiger partial charge on any atom is 0.170 e. The van der Waals surface area contributed by atoms with Crippen LogP contribution in [0.25, 0.3) is 0 Å². The third kappa shape index (κ3) is 4.21. The second kappa shape index (κ2) is 8.74. The highest BCUT2D eigenvalue weighted by molar-refractivity contribution is 6.03. The molecule has 0 aliphatic heterocycles. The van der Waals surface area contributed by atoms with Crippen LogP contribution in [-0.4, -0.2) is 21.8 Å². The van der Waals surface area contributed by atoms with E-state index in [-0.39, 0.29) is 34.2 Å². The normalized spacial score (nSPS) is 13.1. The monoisotopic (exact) mass is 388 g/mol. The fourth-order valence-corrected chi connectivity index (χ4v) is 3.87. The van der Waals surface area contributed by atoms with E-state index in [1.165, 1.54) is 12.1 Å². The molecule has 0 saturated carbocycles. The second-order valence-corrected chi connectivity index (χ2v) is 7.28. The zero-order valence-corrected chi connectivity index (χ0v) is 16.4. The standard InChI is InChI=1S/C25H24O4/c1-16(24(28)19-12-6-8-14-21(19)26)23(18-10-4-3-5-11-18)17(2)25(29)20-13-7-9-15-22(20)27/h3-17,23,26-27H,1-2H3/t16-,17-/m1/s1. The van der Waals surface area contributed by atoms with Gasteiger partial charge in [0.15, 0.2) is 11.6 Å². The number of hydrogen-bond donors (Lipinski definition) is 2. The van der Waals surface area contributed by atoms with Gasteiger partial charge in [0.05, 0.1) is 11.1 Å². The minimum absolute atomic E-state index is 0.0733. The molecule has 2 atom stereocenters. The van der Waals surface area contributed by atoms with E-state index in [4.69, 9.17) is 0 Å². The fourth-order valence-electron chi connectivity index (χ4n) is 3.87. The van der Waals surface area contributed by atoms with Crippen LogP contribution >= 0.6 is 0 Å². The number of carbonyl (C=O) groups excluding carboxylic acids is 2. The van der Waals surface area contributed by atoms with Crippen molar-refractivity contribution in [3.63, 3.8) is 0 Å². The van der Waals surface area contributed by atoms with Crippen molar-refractivity contribution in [3.8, 4) is 11.5 Å². The van der Waals surface area contributed by atoms with Gasteiger partial charge in [-0.15, -0.1) is 0 Å². The predicted molar refractivity (Wildman–Crippen MR) is 112 cm³/mol. The van der Waals surface area contributed by atoms with Crippen LogP contribution in [0.1, 0.15) is 46.0 Å². The molecule has 0 spiro atoms. The molecule has 148 valence electrons.